The Kier molecular flexibility index (Phi) is 3.76. The number of oxime groups is 1. The quantitative estimate of drug-likeness (QED) is 0.387. The van der Waals surface area contributed by atoms with Gasteiger partial charge >= 0.3 is 0 Å². The van der Waals surface area contributed by atoms with E-state index in [2.05, 4.69) is 31.1 Å². The average Bonchev–Trinajstić information content (AvgIpc) is 2.39. The topological polar surface area (TPSA) is 64.9 Å². The molecular formula is C15H26N2O2. The molecule has 0 spiro atoms. The van der Waals surface area contributed by atoms with Crippen molar-refractivity contribution in [3.8, 4) is 0 Å². The van der Waals surface area contributed by atoms with Crippen molar-refractivity contribution in [1.29, 1.82) is 0 Å². The Labute approximate surface area is 115 Å². The lowest BCUT2D eigenvalue weighted by atomic mass is 9.52. The molecule has 0 bridgehead atoms. The van der Waals surface area contributed by atoms with Crippen molar-refractivity contribution in [2.24, 2.45) is 22.4 Å². The number of hydroxylamine groups is 1. The standard InChI is InChI=1S/C15H26N2O2/c1-10-5-6-13(16-18)15(4,17-19)8-7-12-11(10)9-14(12,2)3/h11-12,17-19H,1,5-9H2,2-4H3/b16-13+/t11-,12+,15+/m0/s1. The van der Waals surface area contributed by atoms with Gasteiger partial charge in [0.15, 0.2) is 0 Å². The molecule has 2 aliphatic carbocycles. The van der Waals surface area contributed by atoms with Crippen LogP contribution >= 0.6 is 0 Å². The monoisotopic (exact) mass is 266 g/mol. The molecule has 4 heteroatoms. The lowest BCUT2D eigenvalue weighted by Crippen LogP contribution is -2.49. The number of rotatable bonds is 1. The fraction of sp³-hybridized carbons (Fsp3) is 0.800. The summed E-state index contributed by atoms with van der Waals surface area (Å²) in [6.07, 6.45) is 4.49. The van der Waals surface area contributed by atoms with Crippen LogP contribution in [0.3, 0.4) is 0 Å². The minimum Gasteiger partial charge on any atom is -0.411 e. The summed E-state index contributed by atoms with van der Waals surface area (Å²) in [6, 6.07) is 0. The molecule has 2 fully saturated rings. The number of nitrogens with zero attached hydrogens (tertiary/aromatic N) is 1. The highest BCUT2D eigenvalue weighted by Crippen LogP contribution is 2.56. The maximum absolute atomic E-state index is 9.46. The Morgan fingerprint density at radius 1 is 1.32 bits per heavy atom. The first-order chi connectivity index (χ1) is 8.84. The van der Waals surface area contributed by atoms with Crippen LogP contribution in [-0.4, -0.2) is 21.7 Å². The molecule has 0 radical (unpaired) electrons. The zero-order chi connectivity index (χ0) is 14.3. The van der Waals surface area contributed by atoms with Crippen molar-refractivity contribution >= 4 is 5.71 Å². The first-order valence-electron chi connectivity index (χ1n) is 7.14. The predicted octanol–water partition coefficient (Wildman–Crippen LogP) is 3.35. The van der Waals surface area contributed by atoms with Gasteiger partial charge < -0.3 is 10.4 Å². The summed E-state index contributed by atoms with van der Waals surface area (Å²) in [5.74, 6) is 1.21. The van der Waals surface area contributed by atoms with Gasteiger partial charge in [-0.25, -0.2) is 0 Å². The third kappa shape index (κ3) is 2.43. The summed E-state index contributed by atoms with van der Waals surface area (Å²) in [5.41, 5.74) is 3.97. The SMILES string of the molecule is C=C1CC/C(=N\O)[C@](C)(NO)CC[C@@H]2[C@H]1CC2(C)C. The van der Waals surface area contributed by atoms with Crippen molar-refractivity contribution in [2.75, 3.05) is 0 Å². The third-order valence-corrected chi connectivity index (χ3v) is 5.40. The molecule has 0 aromatic rings. The van der Waals surface area contributed by atoms with Crippen molar-refractivity contribution < 1.29 is 10.4 Å². The van der Waals surface area contributed by atoms with Gasteiger partial charge in [-0.05, 0) is 56.3 Å². The number of nitrogens with one attached hydrogen (secondary N) is 1. The Bertz CT molecular complexity index is 403. The molecule has 0 unspecified atom stereocenters. The molecular weight excluding hydrogens is 240 g/mol. The van der Waals surface area contributed by atoms with Crippen LogP contribution in [0.25, 0.3) is 0 Å². The van der Waals surface area contributed by atoms with E-state index in [0.29, 0.717) is 29.4 Å². The van der Waals surface area contributed by atoms with Crippen LogP contribution in [0.4, 0.5) is 0 Å². The van der Waals surface area contributed by atoms with Gasteiger partial charge in [0, 0.05) is 0 Å². The van der Waals surface area contributed by atoms with Crippen molar-refractivity contribution in [1.82, 2.24) is 5.48 Å². The Hall–Kier alpha value is -0.870. The van der Waals surface area contributed by atoms with Crippen molar-refractivity contribution in [3.05, 3.63) is 12.2 Å². The Morgan fingerprint density at radius 3 is 2.53 bits per heavy atom. The van der Waals surface area contributed by atoms with E-state index in [0.717, 1.165) is 19.3 Å². The van der Waals surface area contributed by atoms with Gasteiger partial charge in [0.1, 0.15) is 0 Å². The molecule has 2 saturated carbocycles. The van der Waals surface area contributed by atoms with Gasteiger partial charge in [0.05, 0.1) is 11.3 Å². The van der Waals surface area contributed by atoms with Gasteiger partial charge in [0.2, 0.25) is 0 Å². The second kappa shape index (κ2) is 4.91. The van der Waals surface area contributed by atoms with E-state index < -0.39 is 5.54 Å². The molecule has 3 N–H and O–H groups in total. The fourth-order valence-electron chi connectivity index (χ4n) is 3.87. The lowest BCUT2D eigenvalue weighted by Gasteiger charge is -2.53. The molecule has 108 valence electrons. The third-order valence-electron chi connectivity index (χ3n) is 5.40. The Balaban J connectivity index is 2.24. The fourth-order valence-corrected chi connectivity index (χ4v) is 3.87. The number of allylic oxidation sites excluding steroid dienone is 1. The molecule has 19 heavy (non-hydrogen) atoms. The minimum absolute atomic E-state index is 0.352. The molecule has 2 rings (SSSR count). The van der Waals surface area contributed by atoms with Crippen molar-refractivity contribution in [3.63, 3.8) is 0 Å². The van der Waals surface area contributed by atoms with E-state index in [4.69, 9.17) is 0 Å². The highest BCUT2D eigenvalue weighted by molar-refractivity contribution is 5.92. The maximum atomic E-state index is 9.46. The molecule has 0 heterocycles. The van der Waals surface area contributed by atoms with E-state index >= 15 is 0 Å². The zero-order valence-electron chi connectivity index (χ0n) is 12.2. The lowest BCUT2D eigenvalue weighted by molar-refractivity contribution is -0.00532. The zero-order valence-corrected chi connectivity index (χ0v) is 12.2. The smallest absolute Gasteiger partial charge is 0.0815 e. The average molecular weight is 266 g/mol. The summed E-state index contributed by atoms with van der Waals surface area (Å²) in [6.45, 7) is 10.7. The van der Waals surface area contributed by atoms with Crippen molar-refractivity contribution in [2.45, 2.75) is 58.4 Å². The molecule has 0 aromatic carbocycles. The molecule has 0 saturated heterocycles. The number of hydrogen-bond acceptors (Lipinski definition) is 4. The van der Waals surface area contributed by atoms with Gasteiger partial charge in [-0.3, -0.25) is 0 Å². The maximum Gasteiger partial charge on any atom is 0.0815 e. The Morgan fingerprint density at radius 2 is 2.00 bits per heavy atom. The molecule has 4 nitrogen and oxygen atoms in total. The highest BCUT2D eigenvalue weighted by Gasteiger charge is 2.49. The second-order valence-corrected chi connectivity index (χ2v) is 7.09. The highest BCUT2D eigenvalue weighted by atomic mass is 16.5. The van der Waals surface area contributed by atoms with E-state index in [9.17, 15) is 10.4 Å². The van der Waals surface area contributed by atoms with Crippen LogP contribution < -0.4 is 5.48 Å². The van der Waals surface area contributed by atoms with Crippen LogP contribution in [0, 0.1) is 17.3 Å². The summed E-state index contributed by atoms with van der Waals surface area (Å²) < 4.78 is 0. The van der Waals surface area contributed by atoms with E-state index in [1.54, 1.807) is 0 Å². The van der Waals surface area contributed by atoms with E-state index in [-0.39, 0.29) is 0 Å². The van der Waals surface area contributed by atoms with Crippen LogP contribution in [-0.2, 0) is 0 Å². The van der Waals surface area contributed by atoms with Crippen LogP contribution in [0.2, 0.25) is 0 Å². The molecule has 0 aliphatic heterocycles. The first-order valence-corrected chi connectivity index (χ1v) is 7.14. The van der Waals surface area contributed by atoms with Gasteiger partial charge in [0.25, 0.3) is 0 Å². The van der Waals surface area contributed by atoms with Crippen LogP contribution in [0.1, 0.15) is 52.9 Å². The number of hydrogen-bond donors (Lipinski definition) is 3. The molecule has 2 aliphatic rings. The van der Waals surface area contributed by atoms with Crippen LogP contribution in [0.5, 0.6) is 0 Å². The summed E-state index contributed by atoms with van der Waals surface area (Å²) in [4.78, 5) is 0. The van der Waals surface area contributed by atoms with Gasteiger partial charge in [-0.1, -0.05) is 31.2 Å². The molecule has 3 atom stereocenters. The molecule has 0 aromatic heterocycles. The summed E-state index contributed by atoms with van der Waals surface area (Å²) >= 11 is 0. The van der Waals surface area contributed by atoms with E-state index in [1.807, 2.05) is 6.92 Å². The van der Waals surface area contributed by atoms with E-state index in [1.165, 1.54) is 12.0 Å². The van der Waals surface area contributed by atoms with Gasteiger partial charge in [-0.15, -0.1) is 0 Å². The minimum atomic E-state index is -0.629. The largest absolute Gasteiger partial charge is 0.411 e. The summed E-state index contributed by atoms with van der Waals surface area (Å²) in [5, 5.41) is 22.1. The predicted molar refractivity (Wildman–Crippen MR) is 75.5 cm³/mol. The first kappa shape index (κ1) is 14.5. The normalized spacial score (nSPS) is 40.8. The summed E-state index contributed by atoms with van der Waals surface area (Å²) in [7, 11) is 0. The van der Waals surface area contributed by atoms with Gasteiger partial charge in [-0.2, -0.15) is 5.48 Å². The number of fused-ring (bicyclic) bond motifs is 1. The second-order valence-electron chi connectivity index (χ2n) is 7.09. The van der Waals surface area contributed by atoms with Crippen LogP contribution in [0.15, 0.2) is 17.3 Å². The molecule has 0 amide bonds.